The number of carbonyl (C=O) groups excluding carboxylic acids is 3. The number of hydrogen-bond acceptors (Lipinski definition) is 5. The van der Waals surface area contributed by atoms with Gasteiger partial charge in [0.25, 0.3) is 5.91 Å². The van der Waals surface area contributed by atoms with Crippen LogP contribution in [0.25, 0.3) is 10.8 Å². The molecule has 7 nitrogen and oxygen atoms in total. The van der Waals surface area contributed by atoms with Gasteiger partial charge in [-0.3, -0.25) is 14.4 Å². The summed E-state index contributed by atoms with van der Waals surface area (Å²) in [6.45, 7) is -0.258. The Hall–Kier alpha value is -4.36. The summed E-state index contributed by atoms with van der Waals surface area (Å²) in [7, 11) is 0. The molecule has 1 fully saturated rings. The number of ether oxygens (including phenoxy) is 2. The first-order valence-electron chi connectivity index (χ1n) is 11.7. The van der Waals surface area contributed by atoms with E-state index < -0.39 is 24.4 Å². The van der Waals surface area contributed by atoms with Crippen LogP contribution >= 0.6 is 11.6 Å². The van der Waals surface area contributed by atoms with Gasteiger partial charge in [-0.15, -0.1) is 0 Å². The first-order chi connectivity index (χ1) is 18.0. The van der Waals surface area contributed by atoms with E-state index in [-0.39, 0.29) is 18.9 Å². The van der Waals surface area contributed by atoms with Gasteiger partial charge in [0, 0.05) is 34.7 Å². The van der Waals surface area contributed by atoms with Crippen molar-refractivity contribution in [2.75, 3.05) is 23.4 Å². The second-order valence-electron chi connectivity index (χ2n) is 8.64. The second-order valence-corrected chi connectivity index (χ2v) is 9.08. The molecular formula is C29H23ClN2O5. The Kier molecular flexibility index (Phi) is 7.05. The highest BCUT2D eigenvalue weighted by molar-refractivity contribution is 6.30. The fourth-order valence-electron chi connectivity index (χ4n) is 4.21. The molecular weight excluding hydrogens is 492 g/mol. The van der Waals surface area contributed by atoms with Crippen LogP contribution in [0.2, 0.25) is 5.02 Å². The molecule has 186 valence electrons. The van der Waals surface area contributed by atoms with E-state index in [4.69, 9.17) is 21.1 Å². The smallest absolute Gasteiger partial charge is 0.311 e. The zero-order chi connectivity index (χ0) is 25.8. The number of benzene rings is 4. The highest BCUT2D eigenvalue weighted by Crippen LogP contribution is 2.32. The predicted octanol–water partition coefficient (Wildman–Crippen LogP) is 5.82. The van der Waals surface area contributed by atoms with Crippen molar-refractivity contribution in [2.24, 2.45) is 5.92 Å². The van der Waals surface area contributed by atoms with Gasteiger partial charge in [0.05, 0.1) is 5.92 Å². The van der Waals surface area contributed by atoms with Gasteiger partial charge in [0.2, 0.25) is 5.91 Å². The van der Waals surface area contributed by atoms with Crippen LogP contribution < -0.4 is 15.0 Å². The van der Waals surface area contributed by atoms with Crippen LogP contribution in [0.1, 0.15) is 6.42 Å². The Morgan fingerprint density at radius 1 is 0.919 bits per heavy atom. The number of rotatable bonds is 7. The van der Waals surface area contributed by atoms with Crippen LogP contribution in [0.3, 0.4) is 0 Å². The Morgan fingerprint density at radius 3 is 2.43 bits per heavy atom. The van der Waals surface area contributed by atoms with Crippen LogP contribution in [0.4, 0.5) is 11.4 Å². The summed E-state index contributed by atoms with van der Waals surface area (Å²) in [5.74, 6) is -0.519. The molecule has 0 aliphatic carbocycles. The lowest BCUT2D eigenvalue weighted by molar-refractivity contribution is -0.151. The molecule has 4 aromatic rings. The minimum atomic E-state index is -0.651. The van der Waals surface area contributed by atoms with Crippen molar-refractivity contribution < 1.29 is 23.9 Å². The average molecular weight is 515 g/mol. The van der Waals surface area contributed by atoms with Gasteiger partial charge in [0.1, 0.15) is 11.5 Å². The van der Waals surface area contributed by atoms with Gasteiger partial charge in [-0.05, 0) is 60.0 Å². The predicted molar refractivity (Wildman–Crippen MR) is 142 cm³/mol. The van der Waals surface area contributed by atoms with E-state index in [9.17, 15) is 14.4 Å². The van der Waals surface area contributed by atoms with Gasteiger partial charge >= 0.3 is 5.97 Å². The second kappa shape index (κ2) is 10.7. The minimum absolute atomic E-state index is 0.0197. The molecule has 1 aliphatic heterocycles. The van der Waals surface area contributed by atoms with Crippen LogP contribution in [0, 0.1) is 5.92 Å². The zero-order valence-electron chi connectivity index (χ0n) is 19.7. The molecule has 2 amide bonds. The van der Waals surface area contributed by atoms with Gasteiger partial charge in [-0.25, -0.2) is 0 Å². The molecule has 0 spiro atoms. The number of anilines is 2. The van der Waals surface area contributed by atoms with Crippen molar-refractivity contribution in [1.82, 2.24) is 0 Å². The van der Waals surface area contributed by atoms with E-state index in [1.807, 2.05) is 42.5 Å². The molecule has 8 heteroatoms. The summed E-state index contributed by atoms with van der Waals surface area (Å²) in [6.07, 6.45) is 0.0197. The first-order valence-corrected chi connectivity index (χ1v) is 12.1. The van der Waals surface area contributed by atoms with Crippen molar-refractivity contribution in [3.05, 3.63) is 96.0 Å². The van der Waals surface area contributed by atoms with E-state index in [1.54, 1.807) is 53.4 Å². The zero-order valence-corrected chi connectivity index (χ0v) is 20.5. The third-order valence-electron chi connectivity index (χ3n) is 6.06. The monoisotopic (exact) mass is 514 g/mol. The Morgan fingerprint density at radius 2 is 1.65 bits per heavy atom. The van der Waals surface area contributed by atoms with Crippen molar-refractivity contribution in [3.63, 3.8) is 0 Å². The molecule has 1 N–H and O–H groups in total. The molecule has 37 heavy (non-hydrogen) atoms. The molecule has 0 unspecified atom stereocenters. The molecule has 4 aromatic carbocycles. The van der Waals surface area contributed by atoms with Crippen LogP contribution in [0.5, 0.6) is 11.5 Å². The number of halogens is 1. The van der Waals surface area contributed by atoms with Gasteiger partial charge in [-0.1, -0.05) is 48.0 Å². The van der Waals surface area contributed by atoms with Crippen molar-refractivity contribution in [1.29, 1.82) is 0 Å². The van der Waals surface area contributed by atoms with E-state index in [0.29, 0.717) is 22.1 Å². The number of carbonyl (C=O) groups is 3. The molecule has 0 saturated carbocycles. The number of fused-ring (bicyclic) bond motifs is 1. The summed E-state index contributed by atoms with van der Waals surface area (Å²) in [4.78, 5) is 38.8. The summed E-state index contributed by atoms with van der Waals surface area (Å²) >= 11 is 5.83. The maximum Gasteiger partial charge on any atom is 0.311 e. The Labute approximate surface area is 218 Å². The fraction of sp³-hybridized carbons (Fsp3) is 0.138. The van der Waals surface area contributed by atoms with E-state index in [2.05, 4.69) is 5.32 Å². The largest absolute Gasteiger partial charge is 0.457 e. The lowest BCUT2D eigenvalue weighted by Crippen LogP contribution is -2.28. The van der Waals surface area contributed by atoms with Crippen molar-refractivity contribution in [2.45, 2.75) is 6.42 Å². The third kappa shape index (κ3) is 5.73. The topological polar surface area (TPSA) is 84.9 Å². The molecule has 5 rings (SSSR count). The van der Waals surface area contributed by atoms with E-state index in [0.717, 1.165) is 16.5 Å². The first kappa shape index (κ1) is 24.3. The maximum absolute atomic E-state index is 12.6. The standard InChI is InChI=1S/C29H23ClN2O5/c30-21-8-10-22(11-9-21)31-27(33)18-36-29(35)20-16-28(34)32(17-20)23-12-14-24(15-13-23)37-26-7-3-5-19-4-1-2-6-25(19)26/h1-15,20H,16-18H2,(H,31,33)/t20-/m0/s1. The maximum atomic E-state index is 12.6. The quantitative estimate of drug-likeness (QED) is 0.314. The molecule has 1 saturated heterocycles. The van der Waals surface area contributed by atoms with Crippen molar-refractivity contribution in [3.8, 4) is 11.5 Å². The minimum Gasteiger partial charge on any atom is -0.457 e. The van der Waals surface area contributed by atoms with Gasteiger partial charge in [-0.2, -0.15) is 0 Å². The number of amides is 2. The fourth-order valence-corrected chi connectivity index (χ4v) is 4.33. The lowest BCUT2D eigenvalue weighted by Gasteiger charge is -2.17. The summed E-state index contributed by atoms with van der Waals surface area (Å²) < 4.78 is 11.2. The van der Waals surface area contributed by atoms with E-state index in [1.165, 1.54) is 0 Å². The SMILES string of the molecule is O=C(COC(=O)[C@H]1CC(=O)N(c2ccc(Oc3cccc4ccccc34)cc2)C1)Nc1ccc(Cl)cc1. The van der Waals surface area contributed by atoms with Crippen molar-refractivity contribution >= 4 is 51.5 Å². The Bertz CT molecular complexity index is 1450. The summed E-state index contributed by atoms with van der Waals surface area (Å²) in [6, 6.07) is 27.6. The molecule has 1 atom stereocenters. The number of nitrogens with one attached hydrogen (secondary N) is 1. The molecule has 0 aromatic heterocycles. The molecule has 1 heterocycles. The average Bonchev–Trinajstić information content (AvgIpc) is 3.31. The highest BCUT2D eigenvalue weighted by atomic mass is 35.5. The normalized spacial score (nSPS) is 15.0. The molecule has 0 radical (unpaired) electrons. The number of esters is 1. The van der Waals surface area contributed by atoms with Gasteiger partial charge < -0.3 is 19.7 Å². The lowest BCUT2D eigenvalue weighted by atomic mass is 10.1. The summed E-state index contributed by atoms with van der Waals surface area (Å²) in [5.41, 5.74) is 1.20. The van der Waals surface area contributed by atoms with Crippen LogP contribution in [-0.4, -0.2) is 30.9 Å². The third-order valence-corrected chi connectivity index (χ3v) is 6.31. The molecule has 1 aliphatic rings. The molecule has 0 bridgehead atoms. The highest BCUT2D eigenvalue weighted by Gasteiger charge is 2.36. The number of nitrogens with zero attached hydrogens (tertiary/aromatic N) is 1. The van der Waals surface area contributed by atoms with Gasteiger partial charge in [0.15, 0.2) is 6.61 Å². The van der Waals surface area contributed by atoms with Crippen LogP contribution in [-0.2, 0) is 19.1 Å². The summed E-state index contributed by atoms with van der Waals surface area (Å²) in [5, 5.41) is 5.26. The Balaban J connectivity index is 1.16. The van der Waals surface area contributed by atoms with E-state index >= 15 is 0 Å². The number of hydrogen-bond donors (Lipinski definition) is 1. The van der Waals surface area contributed by atoms with Crippen LogP contribution in [0.15, 0.2) is 91.0 Å².